The Labute approximate surface area is 160 Å². The minimum absolute atomic E-state index is 0.0263. The van der Waals surface area contributed by atoms with Gasteiger partial charge >= 0.3 is 0 Å². The van der Waals surface area contributed by atoms with E-state index in [1.54, 1.807) is 12.1 Å². The van der Waals surface area contributed by atoms with Crippen LogP contribution in [0.25, 0.3) is 0 Å². The van der Waals surface area contributed by atoms with E-state index < -0.39 is 5.56 Å². The molecule has 0 saturated carbocycles. The molecular formula is C19H15Cl2N3O2. The van der Waals surface area contributed by atoms with Crippen LogP contribution in [0.1, 0.15) is 0 Å². The minimum atomic E-state index is -0.464. The van der Waals surface area contributed by atoms with Gasteiger partial charge in [0, 0.05) is 23.3 Å². The standard InChI is InChI=1S/C19H15Cl2N3O2/c20-13-10-17(21)19(26)24(11-13)12-18(25)23-16-8-6-15(7-9-16)22-14-4-2-1-3-5-14/h1-11,22H,12H2,(H,23,25). The van der Waals surface area contributed by atoms with Gasteiger partial charge in [-0.3, -0.25) is 9.59 Å². The van der Waals surface area contributed by atoms with E-state index in [0.717, 1.165) is 11.4 Å². The molecule has 0 bridgehead atoms. The normalized spacial score (nSPS) is 10.4. The largest absolute Gasteiger partial charge is 0.356 e. The molecule has 0 atom stereocenters. The number of halogens is 2. The van der Waals surface area contributed by atoms with E-state index in [4.69, 9.17) is 23.2 Å². The van der Waals surface area contributed by atoms with Crippen molar-refractivity contribution in [3.8, 4) is 0 Å². The van der Waals surface area contributed by atoms with Crippen LogP contribution in [0.4, 0.5) is 17.1 Å². The van der Waals surface area contributed by atoms with Crippen molar-refractivity contribution in [2.45, 2.75) is 6.54 Å². The molecule has 1 aromatic heterocycles. The van der Waals surface area contributed by atoms with Crippen LogP contribution in [-0.4, -0.2) is 10.5 Å². The SMILES string of the molecule is O=C(Cn1cc(Cl)cc(Cl)c1=O)Nc1ccc(Nc2ccccc2)cc1. The Morgan fingerprint density at radius 2 is 1.54 bits per heavy atom. The summed E-state index contributed by atoms with van der Waals surface area (Å²) in [5.41, 5.74) is 2.02. The second kappa shape index (κ2) is 8.08. The first-order chi connectivity index (χ1) is 12.5. The fourth-order valence-corrected chi connectivity index (χ4v) is 2.87. The average molecular weight is 388 g/mol. The number of nitrogens with zero attached hydrogens (tertiary/aromatic N) is 1. The quantitative estimate of drug-likeness (QED) is 0.675. The van der Waals surface area contributed by atoms with Crippen molar-refractivity contribution in [1.82, 2.24) is 4.57 Å². The van der Waals surface area contributed by atoms with Crippen molar-refractivity contribution in [2.24, 2.45) is 0 Å². The van der Waals surface area contributed by atoms with Crippen molar-refractivity contribution in [3.05, 3.63) is 87.3 Å². The smallest absolute Gasteiger partial charge is 0.269 e. The highest BCUT2D eigenvalue weighted by Crippen LogP contribution is 2.18. The maximum atomic E-state index is 12.2. The van der Waals surface area contributed by atoms with Gasteiger partial charge in [-0.15, -0.1) is 0 Å². The monoisotopic (exact) mass is 387 g/mol. The molecule has 3 rings (SSSR count). The topological polar surface area (TPSA) is 63.1 Å². The van der Waals surface area contributed by atoms with Gasteiger partial charge in [0.25, 0.3) is 5.56 Å². The number of anilines is 3. The van der Waals surface area contributed by atoms with Gasteiger partial charge in [0.15, 0.2) is 0 Å². The molecule has 0 aliphatic heterocycles. The first-order valence-corrected chi connectivity index (χ1v) is 8.54. The number of amides is 1. The van der Waals surface area contributed by atoms with Crippen LogP contribution in [0.15, 0.2) is 71.7 Å². The van der Waals surface area contributed by atoms with Crippen LogP contribution in [0.2, 0.25) is 10.0 Å². The lowest BCUT2D eigenvalue weighted by Crippen LogP contribution is -2.27. The van der Waals surface area contributed by atoms with E-state index in [9.17, 15) is 9.59 Å². The molecule has 0 aliphatic carbocycles. The molecule has 26 heavy (non-hydrogen) atoms. The molecule has 0 unspecified atom stereocenters. The number of nitrogens with one attached hydrogen (secondary N) is 2. The van der Waals surface area contributed by atoms with Crippen LogP contribution in [0.5, 0.6) is 0 Å². The summed E-state index contributed by atoms with van der Waals surface area (Å²) in [6, 6.07) is 18.4. The zero-order chi connectivity index (χ0) is 18.5. The molecule has 0 aliphatic rings. The average Bonchev–Trinajstić information content (AvgIpc) is 2.62. The van der Waals surface area contributed by atoms with Crippen molar-refractivity contribution < 1.29 is 4.79 Å². The van der Waals surface area contributed by atoms with E-state index in [1.165, 1.54) is 16.8 Å². The number of pyridine rings is 1. The lowest BCUT2D eigenvalue weighted by atomic mass is 10.2. The third-order valence-electron chi connectivity index (χ3n) is 3.55. The molecule has 0 fully saturated rings. The maximum absolute atomic E-state index is 12.2. The van der Waals surface area contributed by atoms with Crippen LogP contribution in [0, 0.1) is 0 Å². The highest BCUT2D eigenvalue weighted by atomic mass is 35.5. The third kappa shape index (κ3) is 4.65. The van der Waals surface area contributed by atoms with Crippen LogP contribution >= 0.6 is 23.2 Å². The Hall–Kier alpha value is -2.76. The Morgan fingerprint density at radius 1 is 0.923 bits per heavy atom. The first-order valence-electron chi connectivity index (χ1n) is 7.79. The maximum Gasteiger partial charge on any atom is 0.269 e. The van der Waals surface area contributed by atoms with Gasteiger partial charge in [0.1, 0.15) is 11.6 Å². The Kier molecular flexibility index (Phi) is 5.61. The number of rotatable bonds is 5. The Balaban J connectivity index is 1.64. The van der Waals surface area contributed by atoms with Crippen molar-refractivity contribution in [2.75, 3.05) is 10.6 Å². The molecule has 5 nitrogen and oxygen atoms in total. The fraction of sp³-hybridized carbons (Fsp3) is 0.0526. The third-order valence-corrected chi connectivity index (χ3v) is 4.03. The number of hydrogen-bond donors (Lipinski definition) is 2. The first kappa shape index (κ1) is 18.0. The summed E-state index contributed by atoms with van der Waals surface area (Å²) in [7, 11) is 0. The molecule has 0 radical (unpaired) electrons. The van der Waals surface area contributed by atoms with Gasteiger partial charge in [-0.2, -0.15) is 0 Å². The van der Waals surface area contributed by atoms with E-state index in [1.807, 2.05) is 42.5 Å². The number of aromatic nitrogens is 1. The number of carbonyl (C=O) groups excluding carboxylic acids is 1. The van der Waals surface area contributed by atoms with Crippen molar-refractivity contribution in [1.29, 1.82) is 0 Å². The highest BCUT2D eigenvalue weighted by Gasteiger charge is 2.09. The molecular weight excluding hydrogens is 373 g/mol. The van der Waals surface area contributed by atoms with Crippen molar-refractivity contribution >= 4 is 46.2 Å². The van der Waals surface area contributed by atoms with E-state index in [-0.39, 0.29) is 17.5 Å². The van der Waals surface area contributed by atoms with Gasteiger partial charge < -0.3 is 15.2 Å². The summed E-state index contributed by atoms with van der Waals surface area (Å²) in [4.78, 5) is 24.1. The van der Waals surface area contributed by atoms with Crippen molar-refractivity contribution in [3.63, 3.8) is 0 Å². The Morgan fingerprint density at radius 3 is 2.23 bits per heavy atom. The van der Waals surface area contributed by atoms with Gasteiger partial charge in [-0.1, -0.05) is 41.4 Å². The zero-order valence-corrected chi connectivity index (χ0v) is 15.1. The highest BCUT2D eigenvalue weighted by molar-refractivity contribution is 6.34. The van der Waals surface area contributed by atoms with E-state index in [0.29, 0.717) is 10.7 Å². The van der Waals surface area contributed by atoms with E-state index in [2.05, 4.69) is 10.6 Å². The number of para-hydroxylation sites is 1. The zero-order valence-electron chi connectivity index (χ0n) is 13.6. The van der Waals surface area contributed by atoms with Gasteiger partial charge in [0.2, 0.25) is 5.91 Å². The van der Waals surface area contributed by atoms with E-state index >= 15 is 0 Å². The molecule has 7 heteroatoms. The Bertz CT molecular complexity index is 970. The predicted molar refractivity (Wildman–Crippen MR) is 106 cm³/mol. The predicted octanol–water partition coefficient (Wildman–Crippen LogP) is 4.54. The summed E-state index contributed by atoms with van der Waals surface area (Å²) in [5, 5.41) is 6.26. The molecule has 3 aromatic rings. The number of carbonyl (C=O) groups is 1. The van der Waals surface area contributed by atoms with Gasteiger partial charge in [-0.05, 0) is 42.5 Å². The summed E-state index contributed by atoms with van der Waals surface area (Å²) < 4.78 is 1.17. The second-order valence-corrected chi connectivity index (χ2v) is 6.40. The number of hydrogen-bond acceptors (Lipinski definition) is 3. The lowest BCUT2D eigenvalue weighted by Gasteiger charge is -2.10. The summed E-state index contributed by atoms with van der Waals surface area (Å²) >= 11 is 11.7. The molecule has 1 amide bonds. The molecule has 1 heterocycles. The molecule has 132 valence electrons. The molecule has 2 aromatic carbocycles. The van der Waals surface area contributed by atoms with Crippen LogP contribution < -0.4 is 16.2 Å². The second-order valence-electron chi connectivity index (χ2n) is 5.56. The van der Waals surface area contributed by atoms with Crippen LogP contribution in [-0.2, 0) is 11.3 Å². The number of benzene rings is 2. The molecule has 0 saturated heterocycles. The van der Waals surface area contributed by atoms with Gasteiger partial charge in [0.05, 0.1) is 5.02 Å². The minimum Gasteiger partial charge on any atom is -0.356 e. The van der Waals surface area contributed by atoms with Gasteiger partial charge in [-0.25, -0.2) is 0 Å². The summed E-state index contributed by atoms with van der Waals surface area (Å²) in [5.74, 6) is -0.353. The molecule has 0 spiro atoms. The fourth-order valence-electron chi connectivity index (χ4n) is 2.36. The summed E-state index contributed by atoms with van der Waals surface area (Å²) in [6.45, 7) is -0.177. The van der Waals surface area contributed by atoms with Crippen LogP contribution in [0.3, 0.4) is 0 Å². The lowest BCUT2D eigenvalue weighted by molar-refractivity contribution is -0.116. The summed E-state index contributed by atoms with van der Waals surface area (Å²) in [6.07, 6.45) is 1.38. The molecule has 2 N–H and O–H groups in total.